The maximum Gasteiger partial charge on any atom is 0.333 e. The highest BCUT2D eigenvalue weighted by Gasteiger charge is 2.21. The molecule has 0 aliphatic rings. The summed E-state index contributed by atoms with van der Waals surface area (Å²) in [4.78, 5) is 45.5. The van der Waals surface area contributed by atoms with Crippen LogP contribution in [0, 0.1) is 18.8 Å². The van der Waals surface area contributed by atoms with Crippen LogP contribution >= 0.6 is 0 Å². The molecule has 2 heterocycles. The van der Waals surface area contributed by atoms with Crippen molar-refractivity contribution in [3.63, 3.8) is 0 Å². The molecule has 3 aromatic rings. The Labute approximate surface area is 188 Å². The highest BCUT2D eigenvalue weighted by Crippen LogP contribution is 2.12. The van der Waals surface area contributed by atoms with Crippen molar-refractivity contribution >= 4 is 17.1 Å². The van der Waals surface area contributed by atoms with Crippen LogP contribution in [0.5, 0.6) is 0 Å². The van der Waals surface area contributed by atoms with Crippen LogP contribution in [0.15, 0.2) is 40.2 Å². The smallest absolute Gasteiger partial charge is 0.333 e. The second-order valence-corrected chi connectivity index (χ2v) is 9.32. The molecule has 3 rings (SSSR count). The lowest BCUT2D eigenvalue weighted by Crippen LogP contribution is -2.45. The molecule has 0 aliphatic heterocycles. The molecule has 2 aromatic heterocycles. The van der Waals surface area contributed by atoms with Crippen molar-refractivity contribution in [2.45, 2.75) is 60.8 Å². The second-order valence-electron chi connectivity index (χ2n) is 9.32. The average molecular weight is 440 g/mol. The van der Waals surface area contributed by atoms with Gasteiger partial charge in [-0.2, -0.15) is 0 Å². The second kappa shape index (κ2) is 9.54. The number of likely N-dealkylation sites (N-methyl/N-ethyl adjacent to an activating group) is 1. The number of imidazole rings is 1. The molecule has 0 spiro atoms. The van der Waals surface area contributed by atoms with E-state index < -0.39 is 11.2 Å². The highest BCUT2D eigenvalue weighted by atomic mass is 16.2. The molecule has 172 valence electrons. The summed E-state index contributed by atoms with van der Waals surface area (Å²) in [6.07, 6.45) is 1.61. The Kier molecular flexibility index (Phi) is 7.01. The molecule has 8 heteroatoms. The van der Waals surface area contributed by atoms with Crippen molar-refractivity contribution in [3.05, 3.63) is 62.6 Å². The van der Waals surface area contributed by atoms with Gasteiger partial charge in [-0.05, 0) is 29.9 Å². The maximum absolute atomic E-state index is 13.3. The van der Waals surface area contributed by atoms with Crippen LogP contribution in [-0.2, 0) is 31.0 Å². The SMILES string of the molecule is Cc1ccccc1CN(C)C(=O)Cn1c(=O)c2c(ncn2CC(C)C)n(CC(C)C)c1=O. The molecule has 0 unspecified atom stereocenters. The van der Waals surface area contributed by atoms with Gasteiger partial charge in [0.2, 0.25) is 5.91 Å². The van der Waals surface area contributed by atoms with Gasteiger partial charge in [0.25, 0.3) is 5.56 Å². The monoisotopic (exact) mass is 439 g/mol. The van der Waals surface area contributed by atoms with E-state index in [-0.39, 0.29) is 18.4 Å². The lowest BCUT2D eigenvalue weighted by molar-refractivity contribution is -0.131. The Morgan fingerprint density at radius 2 is 1.69 bits per heavy atom. The first-order chi connectivity index (χ1) is 15.1. The molecule has 0 bridgehead atoms. The summed E-state index contributed by atoms with van der Waals surface area (Å²) >= 11 is 0. The van der Waals surface area contributed by atoms with Gasteiger partial charge in [-0.3, -0.25) is 14.2 Å². The van der Waals surface area contributed by atoms with Crippen LogP contribution in [0.4, 0.5) is 0 Å². The fourth-order valence-electron chi connectivity index (χ4n) is 3.83. The molecule has 1 aromatic carbocycles. The number of carbonyl (C=O) groups is 1. The molecule has 8 nitrogen and oxygen atoms in total. The molecule has 0 saturated heterocycles. The van der Waals surface area contributed by atoms with Crippen LogP contribution in [0.3, 0.4) is 0 Å². The predicted octanol–water partition coefficient (Wildman–Crippen LogP) is 2.64. The third-order valence-corrected chi connectivity index (χ3v) is 5.48. The molecule has 0 radical (unpaired) electrons. The largest absolute Gasteiger partial charge is 0.340 e. The van der Waals surface area contributed by atoms with E-state index in [4.69, 9.17) is 0 Å². The lowest BCUT2D eigenvalue weighted by atomic mass is 10.1. The molecule has 0 saturated carbocycles. The van der Waals surface area contributed by atoms with Crippen molar-refractivity contribution in [2.75, 3.05) is 7.05 Å². The first kappa shape index (κ1) is 23.5. The first-order valence-electron chi connectivity index (χ1n) is 11.1. The molecule has 0 N–H and O–H groups in total. The summed E-state index contributed by atoms with van der Waals surface area (Å²) < 4.78 is 4.36. The molecule has 0 aliphatic carbocycles. The Hall–Kier alpha value is -3.16. The van der Waals surface area contributed by atoms with Crippen molar-refractivity contribution in [1.82, 2.24) is 23.6 Å². The number of rotatable bonds is 8. The summed E-state index contributed by atoms with van der Waals surface area (Å²) in [7, 11) is 1.69. The number of benzene rings is 1. The van der Waals surface area contributed by atoms with Crippen molar-refractivity contribution < 1.29 is 4.79 Å². The minimum Gasteiger partial charge on any atom is -0.340 e. The molecule has 0 fully saturated rings. The maximum atomic E-state index is 13.3. The zero-order valence-electron chi connectivity index (χ0n) is 19.8. The average Bonchev–Trinajstić information content (AvgIpc) is 3.12. The van der Waals surface area contributed by atoms with E-state index >= 15 is 0 Å². The molecule has 0 atom stereocenters. The molecular formula is C24H33N5O3. The third-order valence-electron chi connectivity index (χ3n) is 5.48. The molecular weight excluding hydrogens is 406 g/mol. The van der Waals surface area contributed by atoms with Gasteiger partial charge in [-0.15, -0.1) is 0 Å². The molecule has 32 heavy (non-hydrogen) atoms. The minimum absolute atomic E-state index is 0.177. The van der Waals surface area contributed by atoms with Crippen molar-refractivity contribution in [3.8, 4) is 0 Å². The van der Waals surface area contributed by atoms with Crippen LogP contribution in [0.25, 0.3) is 11.2 Å². The lowest BCUT2D eigenvalue weighted by Gasteiger charge is -2.20. The summed E-state index contributed by atoms with van der Waals surface area (Å²) in [5, 5.41) is 0. The summed E-state index contributed by atoms with van der Waals surface area (Å²) in [5.74, 6) is 0.182. The van der Waals surface area contributed by atoms with Crippen LogP contribution in [0.1, 0.15) is 38.8 Å². The fourth-order valence-corrected chi connectivity index (χ4v) is 3.83. The van der Waals surface area contributed by atoms with Gasteiger partial charge in [0.1, 0.15) is 6.54 Å². The quantitative estimate of drug-likeness (QED) is 0.540. The normalized spacial score (nSPS) is 11.6. The van der Waals surface area contributed by atoms with Gasteiger partial charge >= 0.3 is 5.69 Å². The standard InChI is InChI=1S/C24H33N5O3/c1-16(2)11-27-15-25-22-21(27)23(31)29(24(32)28(22)12-17(3)4)14-20(30)26(6)13-19-10-8-7-9-18(19)5/h7-10,15-17H,11-14H2,1-6H3. The summed E-state index contributed by atoms with van der Waals surface area (Å²) in [6, 6.07) is 7.84. The van der Waals surface area contributed by atoms with Gasteiger partial charge in [0, 0.05) is 26.7 Å². The Bertz CT molecular complexity index is 1230. The zero-order valence-corrected chi connectivity index (χ0v) is 19.8. The first-order valence-corrected chi connectivity index (χ1v) is 11.1. The fraction of sp³-hybridized carbons (Fsp3) is 0.500. The number of hydrogen-bond acceptors (Lipinski definition) is 4. The number of aryl methyl sites for hydroxylation is 1. The number of carbonyl (C=O) groups excluding carboxylic acids is 1. The minimum atomic E-state index is -0.497. The Balaban J connectivity index is 2.03. The van der Waals surface area contributed by atoms with E-state index in [2.05, 4.69) is 18.8 Å². The van der Waals surface area contributed by atoms with Crippen LogP contribution in [0.2, 0.25) is 0 Å². The number of aromatic nitrogens is 4. The highest BCUT2D eigenvalue weighted by molar-refractivity contribution is 5.76. The zero-order chi connectivity index (χ0) is 23.6. The van der Waals surface area contributed by atoms with Crippen molar-refractivity contribution in [1.29, 1.82) is 0 Å². The summed E-state index contributed by atoms with van der Waals surface area (Å²) in [6.45, 7) is 11.2. The van der Waals surface area contributed by atoms with E-state index in [1.54, 1.807) is 22.8 Å². The number of hydrogen-bond donors (Lipinski definition) is 0. The summed E-state index contributed by atoms with van der Waals surface area (Å²) in [5.41, 5.74) is 1.89. The van der Waals surface area contributed by atoms with Gasteiger partial charge in [-0.1, -0.05) is 52.0 Å². The predicted molar refractivity (Wildman–Crippen MR) is 126 cm³/mol. The van der Waals surface area contributed by atoms with E-state index in [9.17, 15) is 14.4 Å². The molecule has 1 amide bonds. The van der Waals surface area contributed by atoms with Crippen molar-refractivity contribution in [2.24, 2.45) is 11.8 Å². The van der Waals surface area contributed by atoms with Gasteiger partial charge in [0.05, 0.1) is 6.33 Å². The van der Waals surface area contributed by atoms with Crippen LogP contribution in [-0.4, -0.2) is 36.5 Å². The van der Waals surface area contributed by atoms with E-state index in [0.717, 1.165) is 15.7 Å². The Morgan fingerprint density at radius 1 is 1.03 bits per heavy atom. The third kappa shape index (κ3) is 4.84. The topological polar surface area (TPSA) is 82.1 Å². The number of fused-ring (bicyclic) bond motifs is 1. The number of nitrogens with zero attached hydrogens (tertiary/aromatic N) is 5. The number of amides is 1. The van der Waals surface area contributed by atoms with Crippen LogP contribution < -0.4 is 11.2 Å². The van der Waals surface area contributed by atoms with Gasteiger partial charge < -0.3 is 9.47 Å². The Morgan fingerprint density at radius 3 is 2.31 bits per heavy atom. The van der Waals surface area contributed by atoms with E-state index in [1.165, 1.54) is 4.57 Å². The van der Waals surface area contributed by atoms with Gasteiger partial charge in [0.15, 0.2) is 11.2 Å². The van der Waals surface area contributed by atoms with Gasteiger partial charge in [-0.25, -0.2) is 14.3 Å². The van der Waals surface area contributed by atoms with E-state index in [1.807, 2.05) is 45.0 Å². The van der Waals surface area contributed by atoms with E-state index in [0.29, 0.717) is 36.7 Å².